The number of hydrogen-bond acceptors (Lipinski definition) is 0. The van der Waals surface area contributed by atoms with E-state index in [1.54, 1.807) is 0 Å². The summed E-state index contributed by atoms with van der Waals surface area (Å²) in [5, 5.41) is 0. The normalized spacial score (nSPS) is 0. The molecule has 0 nitrogen and oxygen atoms in total. The van der Waals surface area contributed by atoms with E-state index >= 15 is 0 Å². The maximum atomic E-state index is 0. The summed E-state index contributed by atoms with van der Waals surface area (Å²) in [4.78, 5) is 0. The topological polar surface area (TPSA) is 0 Å². The maximum absolute atomic E-state index is 0. The van der Waals surface area contributed by atoms with E-state index < -0.39 is 0 Å². The van der Waals surface area contributed by atoms with Crippen LogP contribution < -0.4 is 0 Å². The second-order valence-corrected chi connectivity index (χ2v) is 0. The minimum atomic E-state index is 0. The van der Waals surface area contributed by atoms with Crippen molar-refractivity contribution >= 4 is 47.7 Å². The summed E-state index contributed by atoms with van der Waals surface area (Å²) >= 11 is 0. The van der Waals surface area contributed by atoms with Gasteiger partial charge in [0, 0.05) is 0 Å². The predicted octanol–water partition coefficient (Wildman–Crippen LogP) is -1.01. The van der Waals surface area contributed by atoms with Gasteiger partial charge in [-0.1, -0.05) is 0 Å². The zero-order chi connectivity index (χ0) is 0. The van der Waals surface area contributed by atoms with Crippen LogP contribution in [0.2, 0.25) is 0 Å². The first-order valence-electron chi connectivity index (χ1n) is 0. The van der Waals surface area contributed by atoms with Crippen LogP contribution in [0.5, 0.6) is 0 Å². The summed E-state index contributed by atoms with van der Waals surface area (Å²) in [5.41, 5.74) is 0. The molecule has 0 fully saturated rings. The van der Waals surface area contributed by atoms with Crippen molar-refractivity contribution in [1.29, 1.82) is 0 Å². The van der Waals surface area contributed by atoms with Gasteiger partial charge < -0.3 is 0 Å². The Kier molecular flexibility index (Phi) is 211. The van der Waals surface area contributed by atoms with Crippen molar-refractivity contribution in [2.24, 2.45) is 0 Å². The van der Waals surface area contributed by atoms with Gasteiger partial charge in [0.1, 0.15) is 0 Å². The Morgan fingerprint density at radius 3 is 0.500 bits per heavy atom. The van der Waals surface area contributed by atoms with Crippen molar-refractivity contribution in [3.63, 3.8) is 0 Å². The fraction of sp³-hybridized carbons (Fsp3) is 0. The molecule has 4 heteroatoms. The van der Waals surface area contributed by atoms with Crippen molar-refractivity contribution in [2.75, 3.05) is 0 Å². The molecule has 0 aromatic carbocycles. The SMILES string of the molecule is P.P.P.[AsH3]. The molecule has 0 radical (unpaired) electrons. The Morgan fingerprint density at radius 2 is 0.500 bits per heavy atom. The zero-order valence-corrected chi connectivity index (χ0v) is 10.0. The molecule has 0 aliphatic carbocycles. The molecule has 0 spiro atoms. The van der Waals surface area contributed by atoms with Crippen LogP contribution in [-0.2, 0) is 0 Å². The Balaban J connectivity index is 0. The fourth-order valence-electron chi connectivity index (χ4n) is 0. The molecule has 4 unspecified atom stereocenters. The van der Waals surface area contributed by atoms with Gasteiger partial charge in [0.2, 0.25) is 0 Å². The van der Waals surface area contributed by atoms with Gasteiger partial charge in [-0.2, -0.15) is 29.7 Å². The van der Waals surface area contributed by atoms with Crippen molar-refractivity contribution in [3.8, 4) is 0 Å². The van der Waals surface area contributed by atoms with Gasteiger partial charge in [0.25, 0.3) is 0 Å². The van der Waals surface area contributed by atoms with E-state index in [4.69, 9.17) is 0 Å². The third-order valence-corrected chi connectivity index (χ3v) is 0. The van der Waals surface area contributed by atoms with Crippen molar-refractivity contribution < 1.29 is 0 Å². The summed E-state index contributed by atoms with van der Waals surface area (Å²) in [6.45, 7) is 0. The van der Waals surface area contributed by atoms with Gasteiger partial charge in [-0.3, -0.25) is 0 Å². The molecule has 0 amide bonds. The molecule has 0 N–H and O–H groups in total. The van der Waals surface area contributed by atoms with E-state index in [2.05, 4.69) is 0 Å². The first-order valence-corrected chi connectivity index (χ1v) is 0. The molecule has 4 heavy (non-hydrogen) atoms. The fourth-order valence-corrected chi connectivity index (χ4v) is 0. The van der Waals surface area contributed by atoms with Crippen LogP contribution in [0.25, 0.3) is 0 Å². The van der Waals surface area contributed by atoms with Crippen LogP contribution in [0.1, 0.15) is 0 Å². The van der Waals surface area contributed by atoms with Gasteiger partial charge in [-0.15, -0.1) is 0 Å². The molecular weight excluding hydrogens is 168 g/mol. The second kappa shape index (κ2) is 21.0. The quantitative estimate of drug-likeness (QED) is 0.331. The molecule has 0 aliphatic rings. The van der Waals surface area contributed by atoms with Crippen LogP contribution in [0.3, 0.4) is 0 Å². The van der Waals surface area contributed by atoms with E-state index in [1.807, 2.05) is 0 Å². The average Bonchev–Trinajstić information content (AvgIpc) is 0. The molecule has 32 valence electrons. The average molecular weight is 180 g/mol. The summed E-state index contributed by atoms with van der Waals surface area (Å²) in [7, 11) is 0. The van der Waals surface area contributed by atoms with Crippen molar-refractivity contribution in [3.05, 3.63) is 0 Å². The van der Waals surface area contributed by atoms with Crippen LogP contribution >= 0.6 is 29.7 Å². The summed E-state index contributed by atoms with van der Waals surface area (Å²) in [5.74, 6) is 0. The molecule has 0 aromatic rings. The molecule has 0 heterocycles. The van der Waals surface area contributed by atoms with Crippen molar-refractivity contribution in [2.45, 2.75) is 0 Å². The van der Waals surface area contributed by atoms with Crippen LogP contribution in [0, 0.1) is 0 Å². The molecule has 0 aliphatic heterocycles. The zero-order valence-electron chi connectivity index (χ0n) is 2.83. The van der Waals surface area contributed by atoms with E-state index in [0.717, 1.165) is 0 Å². The Morgan fingerprint density at radius 1 is 0.500 bits per heavy atom. The molecule has 0 saturated heterocycles. The van der Waals surface area contributed by atoms with E-state index in [9.17, 15) is 0 Å². The molecule has 4 atom stereocenters. The molecular formula is H12AsP3. The van der Waals surface area contributed by atoms with Crippen LogP contribution in [0.15, 0.2) is 0 Å². The minimum absolute atomic E-state index is 0. The second-order valence-electron chi connectivity index (χ2n) is 0. The van der Waals surface area contributed by atoms with E-state index in [-0.39, 0.29) is 47.7 Å². The van der Waals surface area contributed by atoms with E-state index in [1.165, 1.54) is 0 Å². The van der Waals surface area contributed by atoms with Gasteiger partial charge in [-0.25, -0.2) is 0 Å². The van der Waals surface area contributed by atoms with E-state index in [0.29, 0.717) is 0 Å². The standard InChI is InChI=1S/AsH3.3H3P/h4*1H3. The molecule has 0 rings (SSSR count). The Labute approximate surface area is 48.1 Å². The van der Waals surface area contributed by atoms with Crippen LogP contribution in [-0.4, -0.2) is 18.0 Å². The number of hydrogen-bond donors (Lipinski definition) is 0. The van der Waals surface area contributed by atoms with Crippen molar-refractivity contribution in [1.82, 2.24) is 0 Å². The predicted molar refractivity (Wildman–Crippen MR) is 43.3 cm³/mol. The first-order chi connectivity index (χ1) is 0. The Hall–Kier alpha value is 1.85. The van der Waals surface area contributed by atoms with Gasteiger partial charge in [0.15, 0.2) is 0 Å². The number of rotatable bonds is 0. The van der Waals surface area contributed by atoms with Crippen LogP contribution in [0.4, 0.5) is 0 Å². The summed E-state index contributed by atoms with van der Waals surface area (Å²) in [6.07, 6.45) is 0. The summed E-state index contributed by atoms with van der Waals surface area (Å²) in [6, 6.07) is 0. The molecule has 0 saturated carbocycles. The third-order valence-electron chi connectivity index (χ3n) is 0. The van der Waals surface area contributed by atoms with Gasteiger partial charge >= 0.3 is 18.0 Å². The monoisotopic (exact) mass is 180 g/mol. The van der Waals surface area contributed by atoms with Gasteiger partial charge in [0.05, 0.1) is 0 Å². The third kappa shape index (κ3) is 9.14. The summed E-state index contributed by atoms with van der Waals surface area (Å²) < 4.78 is 0. The van der Waals surface area contributed by atoms with Gasteiger partial charge in [-0.05, 0) is 0 Å². The Bertz CT molecular complexity index is 3.25. The first kappa shape index (κ1) is 40.2. The molecule has 0 bridgehead atoms. The molecule has 0 aromatic heterocycles.